The van der Waals surface area contributed by atoms with Crippen molar-refractivity contribution in [2.75, 3.05) is 26.2 Å². The van der Waals surface area contributed by atoms with Crippen LogP contribution < -0.4 is 0 Å². The van der Waals surface area contributed by atoms with Crippen molar-refractivity contribution in [1.29, 1.82) is 0 Å². The summed E-state index contributed by atoms with van der Waals surface area (Å²) in [5.74, 6) is -0.249. The minimum Gasteiger partial charge on any atom is -0.444 e. The van der Waals surface area contributed by atoms with Gasteiger partial charge in [0.05, 0.1) is 0 Å². The third-order valence-electron chi connectivity index (χ3n) is 6.03. The molecule has 0 aliphatic carbocycles. The number of aryl methyl sites for hydroxylation is 1. The number of halogens is 2. The zero-order valence-corrected chi connectivity index (χ0v) is 27.6. The largest absolute Gasteiger partial charge is 0.444 e. The summed E-state index contributed by atoms with van der Waals surface area (Å²) < 4.78 is 18.2. The Morgan fingerprint density at radius 3 is 2.10 bits per heavy atom. The lowest BCUT2D eigenvalue weighted by Gasteiger charge is -2.38. The molecule has 5 nitrogen and oxygen atoms in total. The Hall–Kier alpha value is -2.60. The van der Waals surface area contributed by atoms with Gasteiger partial charge in [0.15, 0.2) is 0 Å². The number of carbonyl (C=O) groups excluding carboxylic acids is 1. The van der Waals surface area contributed by atoms with E-state index in [4.69, 9.17) is 16.3 Å². The van der Waals surface area contributed by atoms with Gasteiger partial charge >= 0.3 is 6.09 Å². The normalized spacial score (nSPS) is 15.1. The summed E-state index contributed by atoms with van der Waals surface area (Å²) in [6.45, 7) is 25.2. The van der Waals surface area contributed by atoms with Gasteiger partial charge in [-0.1, -0.05) is 57.9 Å². The topological polar surface area (TPSA) is 45.1 Å². The highest BCUT2D eigenvalue weighted by molar-refractivity contribution is 6.30. The average Bonchev–Trinajstić information content (AvgIpc) is 2.89. The van der Waals surface area contributed by atoms with Gasteiger partial charge in [-0.3, -0.25) is 4.99 Å². The number of nitrogens with zero attached hydrogens (tertiary/aromatic N) is 3. The lowest BCUT2D eigenvalue weighted by Crippen LogP contribution is -2.49. The Bertz CT molecular complexity index is 1010. The van der Waals surface area contributed by atoms with Crippen molar-refractivity contribution in [3.8, 4) is 0 Å². The molecule has 1 aromatic carbocycles. The van der Waals surface area contributed by atoms with E-state index in [-0.39, 0.29) is 11.9 Å². The van der Waals surface area contributed by atoms with Crippen molar-refractivity contribution in [2.24, 2.45) is 4.99 Å². The second-order valence-corrected chi connectivity index (χ2v) is 10.9. The smallest absolute Gasteiger partial charge is 0.410 e. The van der Waals surface area contributed by atoms with E-state index in [1.165, 1.54) is 29.0 Å². The zero-order chi connectivity index (χ0) is 30.9. The van der Waals surface area contributed by atoms with Crippen molar-refractivity contribution in [3.05, 3.63) is 69.8 Å². The van der Waals surface area contributed by atoms with Crippen LogP contribution in [0.25, 0.3) is 0 Å². The van der Waals surface area contributed by atoms with Gasteiger partial charge < -0.3 is 14.5 Å². The third-order valence-corrected chi connectivity index (χ3v) is 6.25. The predicted molar refractivity (Wildman–Crippen MR) is 171 cm³/mol. The predicted octanol–water partition coefficient (Wildman–Crippen LogP) is 9.62. The van der Waals surface area contributed by atoms with Gasteiger partial charge in [0.1, 0.15) is 11.4 Å². The molecule has 1 heterocycles. The SMILES string of the molecule is CC.CCCc1cc(F)cc(Cl)c1.C\C=C(C)/C(C(/C)=N/C=C/CC)=C(/C)N1CCN(C(=O)OC(C)(C)C)CC1. The first kappa shape index (κ1) is 37.4. The molecule has 1 amide bonds. The Kier molecular flexibility index (Phi) is 18.2. The molecular weight excluding hydrogens is 525 g/mol. The first-order valence-corrected chi connectivity index (χ1v) is 14.9. The maximum absolute atomic E-state index is 12.7. The van der Waals surface area contributed by atoms with E-state index in [0.29, 0.717) is 18.1 Å². The van der Waals surface area contributed by atoms with E-state index in [1.54, 1.807) is 11.0 Å². The number of allylic oxidation sites excluding steroid dienone is 5. The number of hydrogen-bond acceptors (Lipinski definition) is 4. The molecular formula is C33H53ClFN3O2. The van der Waals surface area contributed by atoms with E-state index < -0.39 is 5.60 Å². The van der Waals surface area contributed by atoms with Crippen molar-refractivity contribution < 1.29 is 13.9 Å². The lowest BCUT2D eigenvalue weighted by atomic mass is 10.00. The van der Waals surface area contributed by atoms with Crippen LogP contribution in [-0.4, -0.2) is 53.4 Å². The minimum atomic E-state index is -0.459. The van der Waals surface area contributed by atoms with Crippen molar-refractivity contribution in [1.82, 2.24) is 9.80 Å². The van der Waals surface area contributed by atoms with Crippen LogP contribution in [0.4, 0.5) is 9.18 Å². The van der Waals surface area contributed by atoms with Crippen LogP contribution in [0.15, 0.2) is 58.4 Å². The molecule has 0 aromatic heterocycles. The maximum atomic E-state index is 12.7. The fourth-order valence-corrected chi connectivity index (χ4v) is 4.31. The fraction of sp³-hybridized carbons (Fsp3) is 0.576. The third kappa shape index (κ3) is 14.2. The standard InChI is InChI=1S/C22H37N3O2.C9H10ClF.C2H6/c1-9-11-12-23-18(4)20(17(3)10-2)19(5)24-13-15-25(16-14-24)21(26)27-22(6,7)8;1-2-3-7-4-8(10)6-9(11)5-7;1-2/h10-12H,9,13-16H2,1-8H3;4-6H,2-3H2,1H3;1-2H3/b12-11+,17-10-,20-19+,23-18+;;. The minimum absolute atomic E-state index is 0.226. The molecule has 0 unspecified atom stereocenters. The molecule has 1 aromatic rings. The molecule has 0 bridgehead atoms. The van der Waals surface area contributed by atoms with Gasteiger partial charge in [0, 0.05) is 54.4 Å². The van der Waals surface area contributed by atoms with Crippen LogP contribution in [0.3, 0.4) is 0 Å². The summed E-state index contributed by atoms with van der Waals surface area (Å²) >= 11 is 5.65. The molecule has 1 aliphatic rings. The van der Waals surface area contributed by atoms with E-state index in [0.717, 1.165) is 43.6 Å². The summed E-state index contributed by atoms with van der Waals surface area (Å²) in [5, 5.41) is 0.480. The quantitative estimate of drug-likeness (QED) is 0.239. The van der Waals surface area contributed by atoms with E-state index >= 15 is 0 Å². The maximum Gasteiger partial charge on any atom is 0.410 e. The first-order valence-electron chi connectivity index (χ1n) is 14.5. The second kappa shape index (κ2) is 19.5. The molecule has 226 valence electrons. The molecule has 1 aliphatic heterocycles. The van der Waals surface area contributed by atoms with Gasteiger partial charge in [-0.05, 0) is 90.6 Å². The zero-order valence-electron chi connectivity index (χ0n) is 26.8. The number of aliphatic imine (C=N–C) groups is 1. The number of hydrogen-bond donors (Lipinski definition) is 0. The molecule has 0 atom stereocenters. The van der Waals surface area contributed by atoms with E-state index in [2.05, 4.69) is 63.6 Å². The van der Waals surface area contributed by atoms with Gasteiger partial charge in [0.25, 0.3) is 0 Å². The molecule has 7 heteroatoms. The average molecular weight is 578 g/mol. The van der Waals surface area contributed by atoms with Crippen LogP contribution in [0.5, 0.6) is 0 Å². The van der Waals surface area contributed by atoms with Crippen molar-refractivity contribution >= 4 is 23.4 Å². The van der Waals surface area contributed by atoms with Crippen LogP contribution in [0.2, 0.25) is 5.02 Å². The summed E-state index contributed by atoms with van der Waals surface area (Å²) in [6.07, 6.45) is 8.71. The van der Waals surface area contributed by atoms with Gasteiger partial charge in [-0.15, -0.1) is 0 Å². The highest BCUT2D eigenvalue weighted by Crippen LogP contribution is 2.22. The number of rotatable bonds is 7. The molecule has 0 spiro atoms. The Morgan fingerprint density at radius 2 is 1.62 bits per heavy atom. The van der Waals surface area contributed by atoms with Crippen molar-refractivity contribution in [3.63, 3.8) is 0 Å². The summed E-state index contributed by atoms with van der Waals surface area (Å²) in [4.78, 5) is 21.0. The van der Waals surface area contributed by atoms with Crippen LogP contribution in [-0.2, 0) is 11.2 Å². The molecule has 0 saturated carbocycles. The number of carbonyl (C=O) groups is 1. The summed E-state index contributed by atoms with van der Waals surface area (Å²) in [5.41, 5.74) is 5.14. The first-order chi connectivity index (χ1) is 18.8. The monoisotopic (exact) mass is 577 g/mol. The number of benzene rings is 1. The Balaban J connectivity index is 0.000000968. The summed E-state index contributed by atoms with van der Waals surface area (Å²) in [6, 6.07) is 4.64. The van der Waals surface area contributed by atoms with Gasteiger partial charge in [-0.25, -0.2) is 9.18 Å². The van der Waals surface area contributed by atoms with E-state index in [1.807, 2.05) is 40.8 Å². The number of piperazine rings is 1. The van der Waals surface area contributed by atoms with Gasteiger partial charge in [-0.2, -0.15) is 0 Å². The number of amides is 1. The van der Waals surface area contributed by atoms with Crippen LogP contribution in [0.1, 0.15) is 94.6 Å². The molecule has 0 radical (unpaired) electrons. The van der Waals surface area contributed by atoms with Gasteiger partial charge in [0.2, 0.25) is 0 Å². The fourth-order valence-electron chi connectivity index (χ4n) is 4.06. The van der Waals surface area contributed by atoms with Crippen LogP contribution >= 0.6 is 11.6 Å². The number of ether oxygens (including phenoxy) is 1. The molecule has 1 saturated heterocycles. The Labute approximate surface area is 248 Å². The lowest BCUT2D eigenvalue weighted by molar-refractivity contribution is 0.0168. The second-order valence-electron chi connectivity index (χ2n) is 10.4. The van der Waals surface area contributed by atoms with Crippen LogP contribution in [0, 0.1) is 5.82 Å². The highest BCUT2D eigenvalue weighted by Gasteiger charge is 2.26. The highest BCUT2D eigenvalue weighted by atomic mass is 35.5. The Morgan fingerprint density at radius 1 is 1.05 bits per heavy atom. The van der Waals surface area contributed by atoms with Crippen molar-refractivity contribution in [2.45, 2.75) is 101 Å². The molecule has 40 heavy (non-hydrogen) atoms. The molecule has 1 fully saturated rings. The summed E-state index contributed by atoms with van der Waals surface area (Å²) in [7, 11) is 0. The molecule has 0 N–H and O–H groups in total. The molecule has 2 rings (SSSR count). The van der Waals surface area contributed by atoms with E-state index in [9.17, 15) is 9.18 Å².